The SMILES string of the molecule is C.NCCC(=O)O.O=C(O)CC(O)(CC(=O)O)C(=O)O.O=C([O-])CC(O)(CC(=O)[O-])C(=O)[O-].[NH3+]CCC(=O)O. The van der Waals surface area contributed by atoms with Gasteiger partial charge < -0.3 is 76.9 Å². The Balaban J connectivity index is -0.000000139. The summed E-state index contributed by atoms with van der Waals surface area (Å²) in [5.41, 5.74) is 2.48. The molecule has 0 aliphatic rings. The van der Waals surface area contributed by atoms with Gasteiger partial charge in [-0.2, -0.15) is 0 Å². The molecule has 20 nitrogen and oxygen atoms in total. The van der Waals surface area contributed by atoms with E-state index in [4.69, 9.17) is 41.5 Å². The van der Waals surface area contributed by atoms with E-state index in [-0.39, 0.29) is 26.8 Å². The van der Waals surface area contributed by atoms with E-state index in [1.165, 1.54) is 0 Å². The van der Waals surface area contributed by atoms with Gasteiger partial charge in [0.1, 0.15) is 5.60 Å². The Hall–Kier alpha value is -4.40. The molecular weight excluding hydrogens is 544 g/mol. The molecule has 39 heavy (non-hydrogen) atoms. The molecule has 0 radical (unpaired) electrons. The Kier molecular flexibility index (Phi) is 26.0. The zero-order valence-electron chi connectivity index (χ0n) is 19.6. The minimum atomic E-state index is -2.97. The largest absolute Gasteiger partial charge is 0.550 e. The highest BCUT2D eigenvalue weighted by Crippen LogP contribution is 2.15. The lowest BCUT2D eigenvalue weighted by atomic mass is 9.96. The molecule has 0 aliphatic carbocycles. The van der Waals surface area contributed by atoms with Gasteiger partial charge in [-0.1, -0.05) is 7.43 Å². The van der Waals surface area contributed by atoms with E-state index >= 15 is 0 Å². The van der Waals surface area contributed by atoms with Crippen molar-refractivity contribution in [1.29, 1.82) is 0 Å². The molecule has 12 N–H and O–H groups in total. The fraction of sp³-hybridized carbons (Fsp3) is 0.579. The van der Waals surface area contributed by atoms with Crippen molar-refractivity contribution >= 4 is 47.8 Å². The van der Waals surface area contributed by atoms with Crippen LogP contribution in [0.25, 0.3) is 0 Å². The number of quaternary nitrogens is 1. The van der Waals surface area contributed by atoms with Gasteiger partial charge in [0.2, 0.25) is 0 Å². The monoisotopic (exact) mass is 576 g/mol. The topological polar surface area (TPSA) is 401 Å². The average molecular weight is 576 g/mol. The third-order valence-electron chi connectivity index (χ3n) is 3.29. The van der Waals surface area contributed by atoms with Gasteiger partial charge in [-0.25, -0.2) is 4.79 Å². The first kappa shape index (κ1) is 44.6. The first-order chi connectivity index (χ1) is 17.1. The number of hydrogen-bond donors (Lipinski definition) is 9. The number of carbonyl (C=O) groups is 8. The number of nitrogens with two attached hydrogens (primary N) is 1. The molecule has 0 spiro atoms. The molecule has 0 atom stereocenters. The van der Waals surface area contributed by atoms with Crippen molar-refractivity contribution in [3.63, 3.8) is 0 Å². The molecule has 0 saturated heterocycles. The van der Waals surface area contributed by atoms with E-state index in [0.717, 1.165) is 0 Å². The Labute approximate surface area is 219 Å². The van der Waals surface area contributed by atoms with Crippen molar-refractivity contribution in [1.82, 2.24) is 0 Å². The fourth-order valence-corrected chi connectivity index (χ4v) is 1.67. The first-order valence-corrected chi connectivity index (χ1v) is 9.75. The van der Waals surface area contributed by atoms with Gasteiger partial charge in [-0.3, -0.25) is 19.2 Å². The molecule has 0 amide bonds. The van der Waals surface area contributed by atoms with E-state index in [0.29, 0.717) is 6.54 Å². The van der Waals surface area contributed by atoms with E-state index in [1.807, 2.05) is 0 Å². The van der Waals surface area contributed by atoms with Crippen molar-refractivity contribution < 1.29 is 95.2 Å². The van der Waals surface area contributed by atoms with Crippen LogP contribution in [-0.4, -0.2) is 108 Å². The van der Waals surface area contributed by atoms with Crippen LogP contribution in [0, 0.1) is 0 Å². The summed E-state index contributed by atoms with van der Waals surface area (Å²) in [7, 11) is 0. The van der Waals surface area contributed by atoms with Crippen LogP contribution < -0.4 is 26.8 Å². The number of carboxylic acid groups (broad SMARTS) is 8. The second kappa shape index (κ2) is 22.8. The van der Waals surface area contributed by atoms with Crippen molar-refractivity contribution in [3.05, 3.63) is 0 Å². The van der Waals surface area contributed by atoms with Gasteiger partial charge in [0.05, 0.1) is 38.2 Å². The average Bonchev–Trinajstić information content (AvgIpc) is 2.66. The maximum Gasteiger partial charge on any atom is 0.336 e. The van der Waals surface area contributed by atoms with Crippen LogP contribution >= 0.6 is 0 Å². The summed E-state index contributed by atoms with van der Waals surface area (Å²) in [6.45, 7) is 0.713. The van der Waals surface area contributed by atoms with Crippen LogP contribution in [0.15, 0.2) is 0 Å². The van der Waals surface area contributed by atoms with Crippen molar-refractivity contribution in [3.8, 4) is 0 Å². The number of carbonyl (C=O) groups excluding carboxylic acids is 3. The smallest absolute Gasteiger partial charge is 0.336 e. The lowest BCUT2D eigenvalue weighted by Crippen LogP contribution is -2.54. The van der Waals surface area contributed by atoms with Crippen LogP contribution in [0.4, 0.5) is 0 Å². The molecule has 0 saturated carbocycles. The summed E-state index contributed by atoms with van der Waals surface area (Å²) in [6.07, 6.45) is -4.75. The Morgan fingerprint density at radius 2 is 0.949 bits per heavy atom. The normalized spacial score (nSPS) is 9.74. The van der Waals surface area contributed by atoms with Crippen molar-refractivity contribution in [2.24, 2.45) is 5.73 Å². The zero-order chi connectivity index (χ0) is 31.3. The molecule has 228 valence electrons. The van der Waals surface area contributed by atoms with E-state index in [2.05, 4.69) is 5.73 Å². The number of rotatable bonds is 14. The van der Waals surface area contributed by atoms with Gasteiger partial charge >= 0.3 is 29.8 Å². The number of aliphatic carboxylic acids is 8. The van der Waals surface area contributed by atoms with Crippen LogP contribution in [0.1, 0.15) is 46.0 Å². The number of aliphatic hydroxyl groups is 2. The van der Waals surface area contributed by atoms with Gasteiger partial charge in [0, 0.05) is 31.3 Å². The summed E-state index contributed by atoms with van der Waals surface area (Å²) >= 11 is 0. The summed E-state index contributed by atoms with van der Waals surface area (Å²) < 4.78 is 0. The standard InChI is InChI=1S/2C6H8O7.2C3H7NO2.CH4/c2*7-3(8)1-6(13,5(11)12)2-4(9)10;2*4-2-1-3(5)6;/h2*13H,1-2H2,(H,7,8)(H,9,10)(H,11,12);2*1-2,4H2,(H,5,6);1H4/p-2. The Morgan fingerprint density at radius 3 is 1.05 bits per heavy atom. The molecule has 20 heteroatoms. The molecular formula is C19H32N2O18-2. The summed E-state index contributed by atoms with van der Waals surface area (Å²) in [5, 5.41) is 88.4. The predicted octanol–water partition coefficient (Wildman–Crippen LogP) is -7.74. The summed E-state index contributed by atoms with van der Waals surface area (Å²) in [4.78, 5) is 79.6. The molecule has 0 fully saturated rings. The first-order valence-electron chi connectivity index (χ1n) is 9.75. The van der Waals surface area contributed by atoms with Gasteiger partial charge in [0.15, 0.2) is 5.60 Å². The van der Waals surface area contributed by atoms with Crippen LogP contribution in [0.3, 0.4) is 0 Å². The molecule has 0 aromatic carbocycles. The number of carboxylic acids is 8. The van der Waals surface area contributed by atoms with Gasteiger partial charge in [0.25, 0.3) is 0 Å². The van der Waals surface area contributed by atoms with Crippen molar-refractivity contribution in [2.75, 3.05) is 13.1 Å². The quantitative estimate of drug-likeness (QED) is 0.0926. The molecule has 0 rings (SSSR count). The molecule has 0 aromatic rings. The molecule has 0 aliphatic heterocycles. The molecule has 0 aromatic heterocycles. The third-order valence-corrected chi connectivity index (χ3v) is 3.29. The highest BCUT2D eigenvalue weighted by Gasteiger charge is 2.40. The maximum absolute atomic E-state index is 10.3. The fourth-order valence-electron chi connectivity index (χ4n) is 1.67. The molecule has 0 bridgehead atoms. The van der Waals surface area contributed by atoms with E-state index in [1.54, 1.807) is 0 Å². The Morgan fingerprint density at radius 1 is 0.615 bits per heavy atom. The van der Waals surface area contributed by atoms with Crippen molar-refractivity contribution in [2.45, 2.75) is 57.2 Å². The highest BCUT2D eigenvalue weighted by molar-refractivity contribution is 5.88. The molecule has 0 heterocycles. The van der Waals surface area contributed by atoms with E-state index < -0.39 is 84.6 Å². The second-order valence-corrected chi connectivity index (χ2v) is 6.82. The Bertz CT molecular complexity index is 740. The van der Waals surface area contributed by atoms with E-state index in [9.17, 15) is 53.7 Å². The highest BCUT2D eigenvalue weighted by atomic mass is 16.4. The van der Waals surface area contributed by atoms with Crippen LogP contribution in [0.5, 0.6) is 0 Å². The lowest BCUT2D eigenvalue weighted by Gasteiger charge is -2.29. The summed E-state index contributed by atoms with van der Waals surface area (Å²) in [6, 6.07) is 0. The zero-order valence-corrected chi connectivity index (χ0v) is 19.6. The maximum atomic E-state index is 10.3. The minimum Gasteiger partial charge on any atom is -0.550 e. The number of hydrogen-bond acceptors (Lipinski definition) is 14. The lowest BCUT2D eigenvalue weighted by molar-refractivity contribution is -0.366. The third kappa shape index (κ3) is 29.7. The van der Waals surface area contributed by atoms with Crippen LogP contribution in [0.2, 0.25) is 0 Å². The predicted molar refractivity (Wildman–Crippen MR) is 114 cm³/mol. The van der Waals surface area contributed by atoms with Gasteiger partial charge in [-0.05, 0) is 0 Å². The van der Waals surface area contributed by atoms with Gasteiger partial charge in [-0.15, -0.1) is 0 Å². The van der Waals surface area contributed by atoms with Crippen LogP contribution in [-0.2, 0) is 38.4 Å². The molecule has 0 unspecified atom stereocenters. The summed E-state index contributed by atoms with van der Waals surface area (Å²) in [5.74, 6) is -12.6. The second-order valence-electron chi connectivity index (χ2n) is 6.82. The minimum absolute atomic E-state index is 0.